The first kappa shape index (κ1) is 15.3. The molecule has 0 aliphatic rings. The van der Waals surface area contributed by atoms with Crippen LogP contribution in [-0.2, 0) is 0 Å². The SMILES string of the molecule is CCNc1cc(C)ncc1C(=O)Nc1ccc(C)cc1Cl. The van der Waals surface area contributed by atoms with Gasteiger partial charge in [0.05, 0.1) is 22.0 Å². The number of nitrogens with zero attached hydrogens (tertiary/aromatic N) is 1. The second kappa shape index (κ2) is 6.59. The third kappa shape index (κ3) is 3.73. The third-order valence-corrected chi connectivity index (χ3v) is 3.34. The molecule has 0 aliphatic carbocycles. The van der Waals surface area contributed by atoms with Crippen molar-refractivity contribution in [1.29, 1.82) is 0 Å². The Bertz CT molecular complexity index is 671. The fourth-order valence-corrected chi connectivity index (χ4v) is 2.27. The quantitative estimate of drug-likeness (QED) is 0.896. The van der Waals surface area contributed by atoms with Crippen LogP contribution in [0.2, 0.25) is 5.02 Å². The summed E-state index contributed by atoms with van der Waals surface area (Å²) < 4.78 is 0. The number of nitrogens with one attached hydrogen (secondary N) is 2. The number of halogens is 1. The number of hydrogen-bond donors (Lipinski definition) is 2. The molecule has 0 unspecified atom stereocenters. The highest BCUT2D eigenvalue weighted by molar-refractivity contribution is 6.34. The minimum atomic E-state index is -0.232. The maximum Gasteiger partial charge on any atom is 0.259 e. The first-order valence-electron chi connectivity index (χ1n) is 6.79. The number of amides is 1. The Hall–Kier alpha value is -2.07. The lowest BCUT2D eigenvalue weighted by Gasteiger charge is -2.12. The molecule has 0 atom stereocenters. The van der Waals surface area contributed by atoms with Crippen LogP contribution >= 0.6 is 11.6 Å². The number of aromatic nitrogens is 1. The molecule has 0 radical (unpaired) electrons. The summed E-state index contributed by atoms with van der Waals surface area (Å²) in [5.74, 6) is -0.232. The lowest BCUT2D eigenvalue weighted by molar-refractivity contribution is 0.102. The molecule has 0 fully saturated rings. The molecule has 1 aromatic heterocycles. The van der Waals surface area contributed by atoms with Crippen molar-refractivity contribution in [3.05, 3.63) is 52.3 Å². The molecule has 5 heteroatoms. The van der Waals surface area contributed by atoms with E-state index in [0.717, 1.165) is 23.5 Å². The zero-order valence-corrected chi connectivity index (χ0v) is 13.1. The van der Waals surface area contributed by atoms with Crippen molar-refractivity contribution < 1.29 is 4.79 Å². The van der Waals surface area contributed by atoms with Crippen molar-refractivity contribution in [2.45, 2.75) is 20.8 Å². The second-order valence-corrected chi connectivity index (χ2v) is 5.25. The fraction of sp³-hybridized carbons (Fsp3) is 0.250. The molecule has 2 aromatic rings. The van der Waals surface area contributed by atoms with E-state index in [1.165, 1.54) is 0 Å². The molecule has 1 amide bonds. The number of carbonyl (C=O) groups is 1. The van der Waals surface area contributed by atoms with Gasteiger partial charge in [-0.25, -0.2) is 0 Å². The summed E-state index contributed by atoms with van der Waals surface area (Å²) in [6.07, 6.45) is 1.57. The molecule has 2 rings (SSSR count). The largest absolute Gasteiger partial charge is 0.385 e. The maximum absolute atomic E-state index is 12.4. The van der Waals surface area contributed by atoms with Crippen LogP contribution in [0.25, 0.3) is 0 Å². The summed E-state index contributed by atoms with van der Waals surface area (Å²) in [6.45, 7) is 6.55. The summed E-state index contributed by atoms with van der Waals surface area (Å²) >= 11 is 6.14. The van der Waals surface area contributed by atoms with Crippen molar-refractivity contribution in [1.82, 2.24) is 4.98 Å². The molecule has 0 aliphatic heterocycles. The Balaban J connectivity index is 2.28. The van der Waals surface area contributed by atoms with Gasteiger partial charge in [-0.2, -0.15) is 0 Å². The Labute approximate surface area is 129 Å². The van der Waals surface area contributed by atoms with Crippen molar-refractivity contribution >= 4 is 28.9 Å². The molecule has 0 saturated heterocycles. The average molecular weight is 304 g/mol. The highest BCUT2D eigenvalue weighted by atomic mass is 35.5. The van der Waals surface area contributed by atoms with Crippen LogP contribution in [0.1, 0.15) is 28.5 Å². The van der Waals surface area contributed by atoms with E-state index < -0.39 is 0 Å². The number of carbonyl (C=O) groups excluding carboxylic acids is 1. The summed E-state index contributed by atoms with van der Waals surface area (Å²) in [5.41, 5.74) is 3.76. The summed E-state index contributed by atoms with van der Waals surface area (Å²) in [7, 11) is 0. The van der Waals surface area contributed by atoms with Gasteiger partial charge in [-0.1, -0.05) is 17.7 Å². The molecular formula is C16H18ClN3O. The van der Waals surface area contributed by atoms with Gasteiger partial charge >= 0.3 is 0 Å². The number of hydrogen-bond acceptors (Lipinski definition) is 3. The monoisotopic (exact) mass is 303 g/mol. The zero-order chi connectivity index (χ0) is 15.4. The topological polar surface area (TPSA) is 54.0 Å². The van der Waals surface area contributed by atoms with Gasteiger partial charge in [-0.05, 0) is 44.5 Å². The Morgan fingerprint density at radius 2 is 2.00 bits per heavy atom. The van der Waals surface area contributed by atoms with E-state index in [0.29, 0.717) is 16.3 Å². The molecule has 1 heterocycles. The molecule has 21 heavy (non-hydrogen) atoms. The maximum atomic E-state index is 12.4. The van der Waals surface area contributed by atoms with Gasteiger partial charge in [0.25, 0.3) is 5.91 Å². The van der Waals surface area contributed by atoms with Gasteiger partial charge in [0.2, 0.25) is 0 Å². The van der Waals surface area contributed by atoms with Crippen LogP contribution in [0.5, 0.6) is 0 Å². The van der Waals surface area contributed by atoms with Crippen LogP contribution in [0.3, 0.4) is 0 Å². The second-order valence-electron chi connectivity index (χ2n) is 4.84. The van der Waals surface area contributed by atoms with Crippen LogP contribution in [0.15, 0.2) is 30.5 Å². The molecular weight excluding hydrogens is 286 g/mol. The van der Waals surface area contributed by atoms with Crippen LogP contribution < -0.4 is 10.6 Å². The van der Waals surface area contributed by atoms with E-state index in [-0.39, 0.29) is 5.91 Å². The van der Waals surface area contributed by atoms with Gasteiger partial charge in [0, 0.05) is 18.4 Å². The summed E-state index contributed by atoms with van der Waals surface area (Å²) in [4.78, 5) is 16.6. The molecule has 0 bridgehead atoms. The van der Waals surface area contributed by atoms with Crippen molar-refractivity contribution in [3.8, 4) is 0 Å². The first-order valence-corrected chi connectivity index (χ1v) is 7.17. The number of anilines is 2. The smallest absolute Gasteiger partial charge is 0.259 e. The van der Waals surface area contributed by atoms with Gasteiger partial charge in [0.1, 0.15) is 0 Å². The number of aryl methyl sites for hydroxylation is 2. The van der Waals surface area contributed by atoms with Gasteiger partial charge in [-0.3, -0.25) is 9.78 Å². The lowest BCUT2D eigenvalue weighted by atomic mass is 10.1. The zero-order valence-electron chi connectivity index (χ0n) is 12.3. The summed E-state index contributed by atoms with van der Waals surface area (Å²) in [5, 5.41) is 6.52. The number of benzene rings is 1. The van der Waals surface area contributed by atoms with Crippen molar-refractivity contribution in [3.63, 3.8) is 0 Å². The van der Waals surface area contributed by atoms with Crippen LogP contribution in [0.4, 0.5) is 11.4 Å². The third-order valence-electron chi connectivity index (χ3n) is 3.03. The van der Waals surface area contributed by atoms with E-state index in [1.807, 2.05) is 39.0 Å². The standard InChI is InChI=1S/C16H18ClN3O/c1-4-18-15-8-11(3)19-9-12(15)16(21)20-14-6-5-10(2)7-13(14)17/h5-9H,4H2,1-3H3,(H,18,19)(H,20,21). The predicted octanol–water partition coefficient (Wildman–Crippen LogP) is 4.04. The van der Waals surface area contributed by atoms with Gasteiger partial charge in [-0.15, -0.1) is 0 Å². The van der Waals surface area contributed by atoms with Crippen molar-refractivity contribution in [2.75, 3.05) is 17.2 Å². The first-order chi connectivity index (χ1) is 10.0. The minimum absolute atomic E-state index is 0.232. The lowest BCUT2D eigenvalue weighted by Crippen LogP contribution is -2.15. The number of rotatable bonds is 4. The molecule has 110 valence electrons. The molecule has 0 saturated carbocycles. The van der Waals surface area contributed by atoms with E-state index in [1.54, 1.807) is 12.3 Å². The number of pyridine rings is 1. The van der Waals surface area contributed by atoms with E-state index >= 15 is 0 Å². The normalized spacial score (nSPS) is 10.3. The average Bonchev–Trinajstić information content (AvgIpc) is 2.42. The van der Waals surface area contributed by atoms with Crippen LogP contribution in [-0.4, -0.2) is 17.4 Å². The Morgan fingerprint density at radius 3 is 2.67 bits per heavy atom. The summed E-state index contributed by atoms with van der Waals surface area (Å²) in [6, 6.07) is 7.37. The highest BCUT2D eigenvalue weighted by Crippen LogP contribution is 2.24. The van der Waals surface area contributed by atoms with E-state index in [9.17, 15) is 4.79 Å². The molecule has 2 N–H and O–H groups in total. The fourth-order valence-electron chi connectivity index (χ4n) is 1.99. The van der Waals surface area contributed by atoms with Crippen molar-refractivity contribution in [2.24, 2.45) is 0 Å². The Kier molecular flexibility index (Phi) is 4.81. The molecule has 0 spiro atoms. The van der Waals surface area contributed by atoms with E-state index in [2.05, 4.69) is 15.6 Å². The van der Waals surface area contributed by atoms with E-state index in [4.69, 9.17) is 11.6 Å². The van der Waals surface area contributed by atoms with Gasteiger partial charge in [0.15, 0.2) is 0 Å². The predicted molar refractivity (Wildman–Crippen MR) is 87.3 cm³/mol. The highest BCUT2D eigenvalue weighted by Gasteiger charge is 2.13. The Morgan fingerprint density at radius 1 is 1.24 bits per heavy atom. The van der Waals surface area contributed by atoms with Crippen LogP contribution in [0, 0.1) is 13.8 Å². The molecule has 1 aromatic carbocycles. The minimum Gasteiger partial charge on any atom is -0.385 e. The van der Waals surface area contributed by atoms with Gasteiger partial charge < -0.3 is 10.6 Å². The molecule has 4 nitrogen and oxygen atoms in total.